The van der Waals surface area contributed by atoms with Gasteiger partial charge in [0.05, 0.1) is 4.90 Å². The molecule has 0 aromatic heterocycles. The van der Waals surface area contributed by atoms with Gasteiger partial charge in [-0.3, -0.25) is 4.79 Å². The SMILES string of the molecule is CNC(=O)CCN(C)S(=O)(=O)c1cccc(F)c1CN. The van der Waals surface area contributed by atoms with Crippen LogP contribution in [0.15, 0.2) is 23.1 Å². The number of hydrogen-bond acceptors (Lipinski definition) is 4. The first-order valence-corrected chi connectivity index (χ1v) is 7.43. The lowest BCUT2D eigenvalue weighted by molar-refractivity contribution is -0.120. The Morgan fingerprint density at radius 3 is 2.65 bits per heavy atom. The number of sulfonamides is 1. The number of rotatable bonds is 6. The lowest BCUT2D eigenvalue weighted by Crippen LogP contribution is -2.32. The Hall–Kier alpha value is -1.51. The van der Waals surface area contributed by atoms with Crippen molar-refractivity contribution < 1.29 is 17.6 Å². The van der Waals surface area contributed by atoms with Gasteiger partial charge in [-0.2, -0.15) is 0 Å². The Kier molecular flexibility index (Phi) is 5.61. The second kappa shape index (κ2) is 6.78. The largest absolute Gasteiger partial charge is 0.359 e. The summed E-state index contributed by atoms with van der Waals surface area (Å²) in [6.07, 6.45) is 0.0273. The second-order valence-electron chi connectivity index (χ2n) is 4.17. The van der Waals surface area contributed by atoms with Gasteiger partial charge in [-0.1, -0.05) is 6.07 Å². The number of amides is 1. The van der Waals surface area contributed by atoms with Crippen molar-refractivity contribution in [1.82, 2.24) is 9.62 Å². The zero-order valence-corrected chi connectivity index (χ0v) is 12.2. The van der Waals surface area contributed by atoms with Crippen molar-refractivity contribution in [3.05, 3.63) is 29.6 Å². The summed E-state index contributed by atoms with van der Waals surface area (Å²) in [6.45, 7) is -0.215. The molecule has 0 atom stereocenters. The maximum Gasteiger partial charge on any atom is 0.243 e. The molecule has 1 aromatic rings. The van der Waals surface area contributed by atoms with Gasteiger partial charge in [0.1, 0.15) is 5.82 Å². The van der Waals surface area contributed by atoms with Crippen LogP contribution in [0, 0.1) is 5.82 Å². The summed E-state index contributed by atoms with van der Waals surface area (Å²) >= 11 is 0. The Balaban J connectivity index is 3.05. The minimum absolute atomic E-state index is 0.00251. The third kappa shape index (κ3) is 3.53. The molecule has 0 unspecified atom stereocenters. The monoisotopic (exact) mass is 303 g/mol. The van der Waals surface area contributed by atoms with Crippen LogP contribution >= 0.6 is 0 Å². The van der Waals surface area contributed by atoms with Crippen LogP contribution in [0.25, 0.3) is 0 Å². The van der Waals surface area contributed by atoms with Gasteiger partial charge in [0.25, 0.3) is 0 Å². The fraction of sp³-hybridized carbons (Fsp3) is 0.417. The molecule has 112 valence electrons. The maximum atomic E-state index is 13.6. The number of benzene rings is 1. The average Bonchev–Trinajstić information content (AvgIpc) is 2.43. The van der Waals surface area contributed by atoms with Crippen LogP contribution in [0.5, 0.6) is 0 Å². The smallest absolute Gasteiger partial charge is 0.243 e. The molecular formula is C12H18FN3O3S. The molecule has 0 saturated carbocycles. The number of nitrogens with zero attached hydrogens (tertiary/aromatic N) is 1. The van der Waals surface area contributed by atoms with E-state index in [9.17, 15) is 17.6 Å². The molecule has 20 heavy (non-hydrogen) atoms. The van der Waals surface area contributed by atoms with Gasteiger partial charge >= 0.3 is 0 Å². The van der Waals surface area contributed by atoms with Crippen LogP contribution in [-0.2, 0) is 21.4 Å². The Bertz CT molecular complexity index is 590. The van der Waals surface area contributed by atoms with Gasteiger partial charge in [-0.05, 0) is 12.1 Å². The summed E-state index contributed by atoms with van der Waals surface area (Å²) in [6, 6.07) is 3.77. The van der Waals surface area contributed by atoms with E-state index in [2.05, 4.69) is 5.32 Å². The van der Waals surface area contributed by atoms with Crippen molar-refractivity contribution in [2.24, 2.45) is 5.73 Å². The average molecular weight is 303 g/mol. The lowest BCUT2D eigenvalue weighted by Gasteiger charge is -2.18. The highest BCUT2D eigenvalue weighted by molar-refractivity contribution is 7.89. The van der Waals surface area contributed by atoms with E-state index in [-0.39, 0.29) is 35.9 Å². The van der Waals surface area contributed by atoms with Crippen molar-refractivity contribution in [3.8, 4) is 0 Å². The highest BCUT2D eigenvalue weighted by Gasteiger charge is 2.25. The van der Waals surface area contributed by atoms with E-state index >= 15 is 0 Å². The summed E-state index contributed by atoms with van der Waals surface area (Å²) in [5.74, 6) is -0.932. The van der Waals surface area contributed by atoms with E-state index in [0.29, 0.717) is 0 Å². The Labute approximate surface area is 117 Å². The molecule has 0 saturated heterocycles. The first-order valence-electron chi connectivity index (χ1n) is 5.99. The molecule has 1 amide bonds. The summed E-state index contributed by atoms with van der Waals surface area (Å²) in [5, 5.41) is 2.40. The van der Waals surface area contributed by atoms with E-state index in [1.807, 2.05) is 0 Å². The number of carbonyl (C=O) groups is 1. The summed E-state index contributed by atoms with van der Waals surface area (Å²) in [4.78, 5) is 11.0. The molecule has 0 aliphatic rings. The molecule has 0 bridgehead atoms. The van der Waals surface area contributed by atoms with Gasteiger partial charge in [0.15, 0.2) is 0 Å². The molecule has 0 spiro atoms. The number of hydrogen-bond donors (Lipinski definition) is 2. The van der Waals surface area contributed by atoms with Crippen molar-refractivity contribution in [2.45, 2.75) is 17.9 Å². The third-order valence-corrected chi connectivity index (χ3v) is 4.84. The molecule has 1 rings (SSSR count). The fourth-order valence-electron chi connectivity index (χ4n) is 1.65. The maximum absolute atomic E-state index is 13.6. The van der Waals surface area contributed by atoms with Crippen LogP contribution in [-0.4, -0.2) is 39.3 Å². The standard InChI is InChI=1S/C12H18FN3O3S/c1-15-12(17)6-7-16(2)20(18,19)11-5-3-4-10(13)9(11)8-14/h3-5H,6-8,14H2,1-2H3,(H,15,17). The molecule has 0 aliphatic carbocycles. The van der Waals surface area contributed by atoms with E-state index in [1.54, 1.807) is 0 Å². The second-order valence-corrected chi connectivity index (χ2v) is 6.18. The topological polar surface area (TPSA) is 92.5 Å². The van der Waals surface area contributed by atoms with E-state index < -0.39 is 15.8 Å². The molecule has 3 N–H and O–H groups in total. The third-order valence-electron chi connectivity index (χ3n) is 2.90. The summed E-state index contributed by atoms with van der Waals surface area (Å²) in [5.41, 5.74) is 5.35. The number of nitrogens with two attached hydrogens (primary N) is 1. The van der Waals surface area contributed by atoms with Gasteiger partial charge < -0.3 is 11.1 Å². The highest BCUT2D eigenvalue weighted by atomic mass is 32.2. The predicted molar refractivity (Wildman–Crippen MR) is 72.8 cm³/mol. The van der Waals surface area contributed by atoms with Crippen molar-refractivity contribution >= 4 is 15.9 Å². The van der Waals surface area contributed by atoms with E-state index in [1.165, 1.54) is 26.2 Å². The Morgan fingerprint density at radius 1 is 1.45 bits per heavy atom. The number of nitrogens with one attached hydrogen (secondary N) is 1. The zero-order chi connectivity index (χ0) is 15.3. The number of carbonyl (C=O) groups excluding carboxylic acids is 1. The fourth-order valence-corrected chi connectivity index (χ4v) is 3.06. The van der Waals surface area contributed by atoms with Crippen LogP contribution in [0.2, 0.25) is 0 Å². The van der Waals surface area contributed by atoms with E-state index in [4.69, 9.17) is 5.73 Å². The first-order chi connectivity index (χ1) is 9.34. The quantitative estimate of drug-likeness (QED) is 0.776. The molecule has 0 radical (unpaired) electrons. The minimum Gasteiger partial charge on any atom is -0.359 e. The van der Waals surface area contributed by atoms with Crippen LogP contribution in [0.3, 0.4) is 0 Å². The minimum atomic E-state index is -3.87. The first kappa shape index (κ1) is 16.5. The van der Waals surface area contributed by atoms with Gasteiger partial charge in [0.2, 0.25) is 15.9 Å². The van der Waals surface area contributed by atoms with Gasteiger partial charge in [0, 0.05) is 39.2 Å². The number of halogens is 1. The predicted octanol–water partition coefficient (Wildman–Crippen LogP) is 0.0410. The molecule has 1 aromatic carbocycles. The Morgan fingerprint density at radius 2 is 2.10 bits per heavy atom. The van der Waals surface area contributed by atoms with Crippen LogP contribution < -0.4 is 11.1 Å². The summed E-state index contributed by atoms with van der Waals surface area (Å²) in [7, 11) is -1.07. The van der Waals surface area contributed by atoms with Crippen LogP contribution in [0.1, 0.15) is 12.0 Å². The van der Waals surface area contributed by atoms with Gasteiger partial charge in [-0.25, -0.2) is 17.1 Å². The van der Waals surface area contributed by atoms with Gasteiger partial charge in [-0.15, -0.1) is 0 Å². The lowest BCUT2D eigenvalue weighted by atomic mass is 10.2. The summed E-state index contributed by atoms with van der Waals surface area (Å²) < 4.78 is 39.3. The normalized spacial score (nSPS) is 11.7. The highest BCUT2D eigenvalue weighted by Crippen LogP contribution is 2.21. The molecule has 0 heterocycles. The molecule has 8 heteroatoms. The van der Waals surface area contributed by atoms with Crippen molar-refractivity contribution in [3.63, 3.8) is 0 Å². The molecule has 0 fully saturated rings. The molecule has 0 aliphatic heterocycles. The zero-order valence-electron chi connectivity index (χ0n) is 11.4. The van der Waals surface area contributed by atoms with Crippen LogP contribution in [0.4, 0.5) is 4.39 Å². The molecular weight excluding hydrogens is 285 g/mol. The van der Waals surface area contributed by atoms with E-state index in [0.717, 1.165) is 10.4 Å². The molecule has 6 nitrogen and oxygen atoms in total. The van der Waals surface area contributed by atoms with Crippen molar-refractivity contribution in [1.29, 1.82) is 0 Å². The van der Waals surface area contributed by atoms with Crippen molar-refractivity contribution in [2.75, 3.05) is 20.6 Å².